The zero-order valence-electron chi connectivity index (χ0n) is 13.2. The van der Waals surface area contributed by atoms with Crippen LogP contribution in [0.5, 0.6) is 0 Å². The predicted octanol–water partition coefficient (Wildman–Crippen LogP) is 1.23. The van der Waals surface area contributed by atoms with Crippen molar-refractivity contribution in [3.63, 3.8) is 0 Å². The van der Waals surface area contributed by atoms with E-state index >= 15 is 0 Å². The summed E-state index contributed by atoms with van der Waals surface area (Å²) in [6.07, 6.45) is 4.09. The van der Waals surface area contributed by atoms with Crippen LogP contribution in [0.2, 0.25) is 0 Å². The summed E-state index contributed by atoms with van der Waals surface area (Å²) >= 11 is 1.31. The van der Waals surface area contributed by atoms with Crippen molar-refractivity contribution in [2.75, 3.05) is 12.3 Å². The maximum atomic E-state index is 12.5. The second-order valence-corrected chi connectivity index (χ2v) is 6.55. The average molecular weight is 345 g/mol. The van der Waals surface area contributed by atoms with Crippen molar-refractivity contribution >= 4 is 23.6 Å². The van der Waals surface area contributed by atoms with Crippen molar-refractivity contribution in [2.24, 2.45) is 5.73 Å². The number of rotatable bonds is 5. The number of benzene rings is 1. The first-order chi connectivity index (χ1) is 11.7. The Labute approximate surface area is 144 Å². The Bertz CT molecular complexity index is 718. The van der Waals surface area contributed by atoms with Crippen molar-refractivity contribution < 1.29 is 9.59 Å². The highest BCUT2D eigenvalue weighted by atomic mass is 32.2. The van der Waals surface area contributed by atoms with Gasteiger partial charge in [-0.25, -0.2) is 0 Å². The molecule has 1 aliphatic heterocycles. The van der Waals surface area contributed by atoms with Gasteiger partial charge in [-0.1, -0.05) is 30.0 Å². The number of hydrogen-bond donors (Lipinski definition) is 1. The molecule has 2 amide bonds. The van der Waals surface area contributed by atoms with Gasteiger partial charge in [0.2, 0.25) is 11.8 Å². The van der Waals surface area contributed by atoms with Gasteiger partial charge in [0.25, 0.3) is 0 Å². The van der Waals surface area contributed by atoms with Crippen LogP contribution in [0, 0.1) is 0 Å². The van der Waals surface area contributed by atoms with Crippen LogP contribution in [-0.4, -0.2) is 49.8 Å². The Morgan fingerprint density at radius 1 is 1.25 bits per heavy atom. The summed E-state index contributed by atoms with van der Waals surface area (Å²) in [4.78, 5) is 25.6. The van der Waals surface area contributed by atoms with E-state index in [4.69, 9.17) is 5.73 Å². The molecule has 1 atom stereocenters. The van der Waals surface area contributed by atoms with Crippen LogP contribution < -0.4 is 5.73 Å². The van der Waals surface area contributed by atoms with Gasteiger partial charge in [0, 0.05) is 12.2 Å². The molecule has 1 saturated heterocycles. The van der Waals surface area contributed by atoms with Gasteiger partial charge in [0.1, 0.15) is 12.4 Å². The van der Waals surface area contributed by atoms with Gasteiger partial charge < -0.3 is 10.6 Å². The summed E-state index contributed by atoms with van der Waals surface area (Å²) in [6, 6.07) is 9.20. The van der Waals surface area contributed by atoms with Gasteiger partial charge in [-0.3, -0.25) is 14.2 Å². The zero-order valence-corrected chi connectivity index (χ0v) is 14.0. The molecular formula is C16H19N5O2S. The maximum absolute atomic E-state index is 12.5. The van der Waals surface area contributed by atoms with Crippen LogP contribution in [0.4, 0.5) is 0 Å². The van der Waals surface area contributed by atoms with Gasteiger partial charge in [0.15, 0.2) is 5.16 Å². The lowest BCUT2D eigenvalue weighted by molar-refractivity contribution is -0.138. The molecule has 1 aromatic heterocycles. The van der Waals surface area contributed by atoms with Crippen LogP contribution in [0.25, 0.3) is 5.69 Å². The second-order valence-electron chi connectivity index (χ2n) is 5.61. The summed E-state index contributed by atoms with van der Waals surface area (Å²) in [5.74, 6) is -0.318. The first kappa shape index (κ1) is 16.5. The number of nitrogens with zero attached hydrogens (tertiary/aromatic N) is 4. The average Bonchev–Trinajstić information content (AvgIpc) is 3.09. The summed E-state index contributed by atoms with van der Waals surface area (Å²) < 4.78 is 1.83. The fourth-order valence-electron chi connectivity index (χ4n) is 2.82. The van der Waals surface area contributed by atoms with E-state index in [1.807, 2.05) is 34.9 Å². The third-order valence-electron chi connectivity index (χ3n) is 4.03. The van der Waals surface area contributed by atoms with E-state index in [1.165, 1.54) is 11.8 Å². The van der Waals surface area contributed by atoms with E-state index in [0.29, 0.717) is 18.1 Å². The van der Waals surface area contributed by atoms with Crippen molar-refractivity contribution in [3.05, 3.63) is 36.7 Å². The first-order valence-corrected chi connectivity index (χ1v) is 8.82. The molecule has 0 spiro atoms. The van der Waals surface area contributed by atoms with Crippen molar-refractivity contribution in [1.29, 1.82) is 0 Å². The smallest absolute Gasteiger partial charge is 0.240 e. The van der Waals surface area contributed by atoms with E-state index in [1.54, 1.807) is 11.2 Å². The van der Waals surface area contributed by atoms with Gasteiger partial charge in [-0.15, -0.1) is 10.2 Å². The molecule has 8 heteroatoms. The van der Waals surface area contributed by atoms with Crippen LogP contribution in [0.15, 0.2) is 41.8 Å². The molecular weight excluding hydrogens is 326 g/mol. The van der Waals surface area contributed by atoms with Crippen LogP contribution in [0.3, 0.4) is 0 Å². The van der Waals surface area contributed by atoms with Crippen molar-refractivity contribution in [3.8, 4) is 5.69 Å². The third kappa shape index (κ3) is 3.59. The Balaban J connectivity index is 1.67. The number of piperidine rings is 1. The minimum atomic E-state index is -0.487. The SMILES string of the molecule is NC(=O)C1CCCCN1C(=O)CSc1nncn1-c1ccccc1. The molecule has 2 aromatic rings. The highest BCUT2D eigenvalue weighted by Gasteiger charge is 2.30. The van der Waals surface area contributed by atoms with Crippen LogP contribution in [0.1, 0.15) is 19.3 Å². The Hall–Kier alpha value is -2.35. The van der Waals surface area contributed by atoms with E-state index in [0.717, 1.165) is 18.5 Å². The standard InChI is InChI=1S/C16H19N5O2S/c17-15(23)13-8-4-5-9-20(13)14(22)10-24-16-19-18-11-21(16)12-6-2-1-3-7-12/h1-3,6-7,11,13H,4-5,8-10H2,(H2,17,23). The van der Waals surface area contributed by atoms with E-state index in [2.05, 4.69) is 10.2 Å². The number of nitrogens with two attached hydrogens (primary N) is 1. The maximum Gasteiger partial charge on any atom is 0.240 e. The lowest BCUT2D eigenvalue weighted by atomic mass is 10.0. The normalized spacial score (nSPS) is 17.7. The highest BCUT2D eigenvalue weighted by Crippen LogP contribution is 2.22. The van der Waals surface area contributed by atoms with Gasteiger partial charge in [-0.05, 0) is 31.4 Å². The molecule has 126 valence electrons. The van der Waals surface area contributed by atoms with Crippen LogP contribution in [-0.2, 0) is 9.59 Å². The molecule has 1 aliphatic rings. The fourth-order valence-corrected chi connectivity index (χ4v) is 3.64. The minimum Gasteiger partial charge on any atom is -0.368 e. The molecule has 1 unspecified atom stereocenters. The summed E-state index contributed by atoms with van der Waals surface area (Å²) in [7, 11) is 0. The van der Waals surface area contributed by atoms with Gasteiger partial charge in [0.05, 0.1) is 5.75 Å². The minimum absolute atomic E-state index is 0.0916. The van der Waals surface area contributed by atoms with Crippen molar-refractivity contribution in [1.82, 2.24) is 19.7 Å². The van der Waals surface area contributed by atoms with E-state index in [9.17, 15) is 9.59 Å². The summed E-state index contributed by atoms with van der Waals surface area (Å²) in [5.41, 5.74) is 6.36. The number of aromatic nitrogens is 3. The molecule has 7 nitrogen and oxygen atoms in total. The molecule has 0 bridgehead atoms. The number of primary amides is 1. The molecule has 0 saturated carbocycles. The Morgan fingerprint density at radius 2 is 2.04 bits per heavy atom. The monoisotopic (exact) mass is 345 g/mol. The lowest BCUT2D eigenvalue weighted by Crippen LogP contribution is -2.51. The first-order valence-electron chi connectivity index (χ1n) is 7.84. The number of likely N-dealkylation sites (tertiary alicyclic amines) is 1. The molecule has 0 aliphatic carbocycles. The van der Waals surface area contributed by atoms with Gasteiger partial charge >= 0.3 is 0 Å². The third-order valence-corrected chi connectivity index (χ3v) is 4.95. The quantitative estimate of drug-likeness (QED) is 0.823. The molecule has 0 radical (unpaired) electrons. The van der Waals surface area contributed by atoms with E-state index in [-0.39, 0.29) is 11.7 Å². The molecule has 3 rings (SSSR count). The van der Waals surface area contributed by atoms with Gasteiger partial charge in [-0.2, -0.15) is 0 Å². The molecule has 1 fully saturated rings. The summed E-state index contributed by atoms with van der Waals surface area (Å²) in [5, 5.41) is 8.64. The molecule has 24 heavy (non-hydrogen) atoms. The van der Waals surface area contributed by atoms with E-state index < -0.39 is 11.9 Å². The number of amides is 2. The Morgan fingerprint density at radius 3 is 2.79 bits per heavy atom. The predicted molar refractivity (Wildman–Crippen MR) is 90.6 cm³/mol. The molecule has 1 aromatic carbocycles. The van der Waals surface area contributed by atoms with Crippen LogP contribution >= 0.6 is 11.8 Å². The molecule has 2 N–H and O–H groups in total. The number of thioether (sulfide) groups is 1. The van der Waals surface area contributed by atoms with Crippen molar-refractivity contribution in [2.45, 2.75) is 30.5 Å². The summed E-state index contributed by atoms with van der Waals surface area (Å²) in [6.45, 7) is 0.582. The number of para-hydroxylation sites is 1. The Kier molecular flexibility index (Phi) is 5.14. The highest BCUT2D eigenvalue weighted by molar-refractivity contribution is 7.99. The number of carbonyl (C=O) groups excluding carboxylic acids is 2. The number of carbonyl (C=O) groups is 2. The lowest BCUT2D eigenvalue weighted by Gasteiger charge is -2.33. The fraction of sp³-hybridized carbons (Fsp3) is 0.375. The largest absolute Gasteiger partial charge is 0.368 e. The number of hydrogen-bond acceptors (Lipinski definition) is 5. The zero-order chi connectivity index (χ0) is 16.9. The topological polar surface area (TPSA) is 94.1 Å². The second kappa shape index (κ2) is 7.48. The molecule has 2 heterocycles.